The highest BCUT2D eigenvalue weighted by Crippen LogP contribution is 2.33. The Hall–Kier alpha value is -4.98. The van der Waals surface area contributed by atoms with Gasteiger partial charge in [0, 0.05) is 23.9 Å². The molecule has 0 saturated carbocycles. The third-order valence-corrected chi connectivity index (χ3v) is 5.98. The topological polar surface area (TPSA) is 173 Å². The summed E-state index contributed by atoms with van der Waals surface area (Å²) in [5, 5.41) is 11.6. The molecular formula is C25H24N8O3. The van der Waals surface area contributed by atoms with E-state index in [9.17, 15) is 14.4 Å². The maximum absolute atomic E-state index is 12.6. The number of likely N-dealkylation sites (tertiary alicyclic amines) is 1. The number of nitrogens with two attached hydrogens (primary N) is 2. The smallest absolute Gasteiger partial charge is 0.269 e. The summed E-state index contributed by atoms with van der Waals surface area (Å²) in [6, 6.07) is 10.9. The van der Waals surface area contributed by atoms with Crippen molar-refractivity contribution in [1.82, 2.24) is 19.5 Å². The Morgan fingerprint density at radius 1 is 1.19 bits per heavy atom. The van der Waals surface area contributed by atoms with Gasteiger partial charge in [-0.05, 0) is 49.6 Å². The lowest BCUT2D eigenvalue weighted by molar-refractivity contribution is -0.129. The Bertz CT molecular complexity index is 1390. The average molecular weight is 485 g/mol. The molecule has 11 heteroatoms. The van der Waals surface area contributed by atoms with Gasteiger partial charge in [-0.25, -0.2) is 14.6 Å². The van der Waals surface area contributed by atoms with Crippen molar-refractivity contribution < 1.29 is 14.4 Å². The molecule has 2 aromatic heterocycles. The zero-order chi connectivity index (χ0) is 25.8. The number of nitrogens with zero attached hydrogens (tertiary/aromatic N) is 5. The van der Waals surface area contributed by atoms with E-state index in [1.54, 1.807) is 29.2 Å². The van der Waals surface area contributed by atoms with E-state index in [1.807, 2.05) is 6.07 Å². The lowest BCUT2D eigenvalue weighted by atomic mass is 10.0. The Kier molecular flexibility index (Phi) is 6.78. The lowest BCUT2D eigenvalue weighted by Gasteiger charge is -2.34. The fourth-order valence-electron chi connectivity index (χ4n) is 4.24. The van der Waals surface area contributed by atoms with Crippen LogP contribution in [0.2, 0.25) is 0 Å². The first-order valence-electron chi connectivity index (χ1n) is 11.2. The third-order valence-electron chi connectivity index (χ3n) is 5.98. The molecule has 1 fully saturated rings. The van der Waals surface area contributed by atoms with Crippen molar-refractivity contribution in [3.05, 3.63) is 77.9 Å². The molecule has 182 valence electrons. The predicted octanol–water partition coefficient (Wildman–Crippen LogP) is 2.12. The van der Waals surface area contributed by atoms with Gasteiger partial charge in [0.2, 0.25) is 5.91 Å². The molecule has 36 heavy (non-hydrogen) atoms. The molecule has 1 atom stereocenters. The molecule has 0 spiro atoms. The highest BCUT2D eigenvalue weighted by molar-refractivity contribution is 6.04. The van der Waals surface area contributed by atoms with Crippen LogP contribution in [0.25, 0.3) is 11.3 Å². The second-order valence-corrected chi connectivity index (χ2v) is 8.22. The van der Waals surface area contributed by atoms with Crippen molar-refractivity contribution in [2.24, 2.45) is 5.73 Å². The number of pyridine rings is 1. The molecule has 3 aromatic rings. The number of nitriles is 1. The van der Waals surface area contributed by atoms with E-state index in [4.69, 9.17) is 16.8 Å². The quantitative estimate of drug-likeness (QED) is 0.355. The summed E-state index contributed by atoms with van der Waals surface area (Å²) in [6.07, 6.45) is 5.02. The van der Waals surface area contributed by atoms with Crippen LogP contribution in [0.15, 0.2) is 55.3 Å². The molecular weight excluding hydrogens is 460 g/mol. The molecule has 4 rings (SSSR count). The molecule has 1 aromatic carbocycles. The van der Waals surface area contributed by atoms with Crippen LogP contribution >= 0.6 is 0 Å². The Morgan fingerprint density at radius 3 is 2.61 bits per heavy atom. The summed E-state index contributed by atoms with van der Waals surface area (Å²) in [5.41, 5.74) is 7.10. The first kappa shape index (κ1) is 24.2. The van der Waals surface area contributed by atoms with E-state index >= 15 is 0 Å². The number of hydrogen-bond donors (Lipinski definition) is 3. The molecule has 11 nitrogen and oxygen atoms in total. The molecule has 1 saturated heterocycles. The molecule has 5 N–H and O–H groups in total. The van der Waals surface area contributed by atoms with Crippen LogP contribution in [0.5, 0.6) is 0 Å². The maximum Gasteiger partial charge on any atom is 0.269 e. The second kappa shape index (κ2) is 10.1. The van der Waals surface area contributed by atoms with Gasteiger partial charge in [-0.2, -0.15) is 5.26 Å². The number of nitrogen functional groups attached to an aromatic ring is 1. The van der Waals surface area contributed by atoms with Gasteiger partial charge < -0.3 is 21.8 Å². The summed E-state index contributed by atoms with van der Waals surface area (Å²) in [7, 11) is 0. The molecule has 0 unspecified atom stereocenters. The molecule has 1 aliphatic rings. The van der Waals surface area contributed by atoms with Crippen LogP contribution in [0.1, 0.15) is 57.5 Å². The minimum Gasteiger partial charge on any atom is -0.364 e. The molecule has 1 aliphatic heterocycles. The molecule has 0 bridgehead atoms. The van der Waals surface area contributed by atoms with E-state index in [0.717, 1.165) is 17.5 Å². The number of primary amides is 1. The summed E-state index contributed by atoms with van der Waals surface area (Å²) < 4.78 is 1.14. The minimum absolute atomic E-state index is 0.00343. The second-order valence-electron chi connectivity index (χ2n) is 8.22. The van der Waals surface area contributed by atoms with Gasteiger partial charge in [-0.15, -0.1) is 0 Å². The van der Waals surface area contributed by atoms with Gasteiger partial charge in [0.15, 0.2) is 11.5 Å². The average Bonchev–Trinajstić information content (AvgIpc) is 3.25. The van der Waals surface area contributed by atoms with Gasteiger partial charge in [0.1, 0.15) is 11.5 Å². The zero-order valence-corrected chi connectivity index (χ0v) is 19.3. The van der Waals surface area contributed by atoms with Crippen LogP contribution in [0.3, 0.4) is 0 Å². The lowest BCUT2D eigenvalue weighted by Crippen LogP contribution is -2.39. The number of benzene rings is 1. The van der Waals surface area contributed by atoms with Crippen molar-refractivity contribution in [1.29, 1.82) is 5.26 Å². The van der Waals surface area contributed by atoms with Gasteiger partial charge in [0.05, 0.1) is 17.7 Å². The van der Waals surface area contributed by atoms with Crippen LogP contribution < -0.4 is 16.9 Å². The Balaban J connectivity index is 1.64. The molecule has 0 aliphatic carbocycles. The number of anilines is 1. The number of aromatic nitrogens is 3. The highest BCUT2D eigenvalue weighted by atomic mass is 16.2. The molecule has 3 heterocycles. The highest BCUT2D eigenvalue weighted by Gasteiger charge is 2.33. The molecule has 0 radical (unpaired) electrons. The van der Waals surface area contributed by atoms with Gasteiger partial charge in [-0.3, -0.25) is 14.4 Å². The number of carbonyl (C=O) groups is 3. The number of carbonyl (C=O) groups excluding carboxylic acids is 3. The van der Waals surface area contributed by atoms with Crippen molar-refractivity contribution in [2.45, 2.75) is 25.3 Å². The fraction of sp³-hybridized carbons (Fsp3) is 0.200. The van der Waals surface area contributed by atoms with Gasteiger partial charge >= 0.3 is 0 Å². The predicted molar refractivity (Wildman–Crippen MR) is 132 cm³/mol. The monoisotopic (exact) mass is 484 g/mol. The van der Waals surface area contributed by atoms with Gasteiger partial charge in [0.25, 0.3) is 11.8 Å². The van der Waals surface area contributed by atoms with Crippen molar-refractivity contribution in [2.75, 3.05) is 17.7 Å². The number of hydrogen-bond acceptors (Lipinski definition) is 7. The number of amides is 3. The van der Waals surface area contributed by atoms with E-state index < -0.39 is 17.9 Å². The van der Waals surface area contributed by atoms with Crippen LogP contribution in [-0.2, 0) is 4.79 Å². The summed E-state index contributed by atoms with van der Waals surface area (Å²) in [4.78, 5) is 47.6. The largest absolute Gasteiger partial charge is 0.364 e. The molecule has 3 amide bonds. The van der Waals surface area contributed by atoms with Crippen LogP contribution in [0.4, 0.5) is 5.82 Å². The fourth-order valence-corrected chi connectivity index (χ4v) is 4.24. The van der Waals surface area contributed by atoms with Crippen molar-refractivity contribution in [3.63, 3.8) is 0 Å². The Labute approximate surface area is 207 Å². The van der Waals surface area contributed by atoms with Crippen molar-refractivity contribution in [3.8, 4) is 17.3 Å². The third kappa shape index (κ3) is 4.65. The first-order valence-corrected chi connectivity index (χ1v) is 11.2. The number of piperidine rings is 1. The minimum atomic E-state index is -0.770. The zero-order valence-electron chi connectivity index (χ0n) is 19.3. The number of rotatable bonds is 6. The number of imidazole rings is 1. The summed E-state index contributed by atoms with van der Waals surface area (Å²) in [6.45, 7) is 4.10. The standard InChI is InChI=1S/C25H24N8O3/c1-2-20(34)32-12-4-3-5-18(32)24-31-21(22(23(27)35)33(24)28)16-6-8-17(9-7-16)25(36)30-19-13-15(14-26)10-11-29-19/h2,6-11,13,18H,1,3-5,12,28H2,(H2,27,35)(H,29,30,36)/t18-/m0/s1. The van der Waals surface area contributed by atoms with E-state index in [1.165, 1.54) is 24.4 Å². The van der Waals surface area contributed by atoms with Gasteiger partial charge in [-0.1, -0.05) is 18.7 Å². The van der Waals surface area contributed by atoms with Crippen LogP contribution in [0, 0.1) is 11.3 Å². The van der Waals surface area contributed by atoms with E-state index in [0.29, 0.717) is 35.5 Å². The van der Waals surface area contributed by atoms with Crippen molar-refractivity contribution >= 4 is 23.5 Å². The summed E-state index contributed by atoms with van der Waals surface area (Å²) in [5.74, 6) is 5.42. The number of nitrogens with one attached hydrogen (secondary N) is 1. The van der Waals surface area contributed by atoms with E-state index in [2.05, 4.69) is 21.9 Å². The SMILES string of the molecule is C=CC(=O)N1CCCC[C@H]1c1nc(-c2ccc(C(=O)Nc3cc(C#N)ccn3)cc2)c(C(N)=O)n1N. The normalized spacial score (nSPS) is 15.1. The Morgan fingerprint density at radius 2 is 1.94 bits per heavy atom. The van der Waals surface area contributed by atoms with Crippen LogP contribution in [-0.4, -0.2) is 43.8 Å². The first-order chi connectivity index (χ1) is 17.3. The summed E-state index contributed by atoms with van der Waals surface area (Å²) >= 11 is 0. The maximum atomic E-state index is 12.6. The van der Waals surface area contributed by atoms with E-state index in [-0.39, 0.29) is 23.1 Å².